The van der Waals surface area contributed by atoms with Crippen LogP contribution in [0.4, 0.5) is 0 Å². The van der Waals surface area contributed by atoms with E-state index in [4.69, 9.17) is 14.2 Å². The molecule has 1 atom stereocenters. The fourth-order valence-electron chi connectivity index (χ4n) is 1.53. The molecule has 1 unspecified atom stereocenters. The summed E-state index contributed by atoms with van der Waals surface area (Å²) in [5.41, 5.74) is 0.804. The van der Waals surface area contributed by atoms with E-state index in [9.17, 15) is 5.11 Å². The highest BCUT2D eigenvalue weighted by Crippen LogP contribution is 2.27. The average Bonchev–Trinajstić information content (AvgIpc) is 2.37. The zero-order valence-corrected chi connectivity index (χ0v) is 9.84. The Hall–Kier alpha value is -0.940. The van der Waals surface area contributed by atoms with E-state index < -0.39 is 12.1 Å². The molecule has 1 aromatic carbocycles. The molecule has 1 N–H and O–H groups in total. The number of hydrogen-bond donors (Lipinski definition) is 1. The first-order chi connectivity index (χ1) is 7.67. The van der Waals surface area contributed by atoms with E-state index in [-0.39, 0.29) is 6.42 Å². The van der Waals surface area contributed by atoms with Crippen LogP contribution in [0, 0.1) is 0 Å². The average molecular weight is 226 g/mol. The van der Waals surface area contributed by atoms with Crippen molar-refractivity contribution in [1.82, 2.24) is 0 Å². The highest BCUT2D eigenvalue weighted by Gasteiger charge is 2.33. The van der Waals surface area contributed by atoms with Crippen LogP contribution in [-0.4, -0.2) is 32.4 Å². The van der Waals surface area contributed by atoms with E-state index in [1.165, 1.54) is 21.3 Å². The van der Waals surface area contributed by atoms with Gasteiger partial charge in [-0.05, 0) is 5.56 Å². The summed E-state index contributed by atoms with van der Waals surface area (Å²) < 4.78 is 15.4. The van der Waals surface area contributed by atoms with Gasteiger partial charge in [-0.3, -0.25) is 0 Å². The molecule has 0 spiro atoms. The smallest absolute Gasteiger partial charge is 0.285 e. The molecule has 0 aliphatic rings. The molecule has 16 heavy (non-hydrogen) atoms. The molecule has 0 heterocycles. The third-order valence-electron chi connectivity index (χ3n) is 2.56. The van der Waals surface area contributed by atoms with Crippen LogP contribution in [0.2, 0.25) is 0 Å². The van der Waals surface area contributed by atoms with Gasteiger partial charge in [-0.15, -0.1) is 0 Å². The van der Waals surface area contributed by atoms with E-state index >= 15 is 0 Å². The Labute approximate surface area is 95.8 Å². The minimum atomic E-state index is -1.20. The molecule has 0 radical (unpaired) electrons. The minimum absolute atomic E-state index is 0.209. The van der Waals surface area contributed by atoms with E-state index in [0.717, 1.165) is 5.56 Å². The highest BCUT2D eigenvalue weighted by atomic mass is 16.9. The second-order valence-corrected chi connectivity index (χ2v) is 3.43. The molecular weight excluding hydrogens is 208 g/mol. The van der Waals surface area contributed by atoms with Gasteiger partial charge >= 0.3 is 0 Å². The molecule has 0 saturated heterocycles. The van der Waals surface area contributed by atoms with Gasteiger partial charge < -0.3 is 19.3 Å². The van der Waals surface area contributed by atoms with Crippen LogP contribution in [0.3, 0.4) is 0 Å². The lowest BCUT2D eigenvalue weighted by molar-refractivity contribution is -0.361. The molecular formula is C12H18O4. The largest absolute Gasteiger partial charge is 0.388 e. The van der Waals surface area contributed by atoms with Crippen LogP contribution < -0.4 is 0 Å². The lowest BCUT2D eigenvalue weighted by Crippen LogP contribution is -2.37. The van der Waals surface area contributed by atoms with Crippen molar-refractivity contribution in [2.75, 3.05) is 21.3 Å². The first-order valence-corrected chi connectivity index (χ1v) is 5.06. The summed E-state index contributed by atoms with van der Waals surface area (Å²) in [6.45, 7) is 0. The number of rotatable bonds is 6. The summed E-state index contributed by atoms with van der Waals surface area (Å²) in [5.74, 6) is -1.20. The van der Waals surface area contributed by atoms with Crippen LogP contribution in [0.25, 0.3) is 0 Å². The zero-order chi connectivity index (χ0) is 12.0. The fourth-order valence-corrected chi connectivity index (χ4v) is 1.53. The molecule has 0 bridgehead atoms. The molecule has 0 aliphatic heterocycles. The Bertz CT molecular complexity index is 287. The maximum atomic E-state index is 10.0. The topological polar surface area (TPSA) is 47.9 Å². The van der Waals surface area contributed by atoms with Crippen molar-refractivity contribution in [3.8, 4) is 0 Å². The van der Waals surface area contributed by atoms with Gasteiger partial charge in [-0.25, -0.2) is 0 Å². The van der Waals surface area contributed by atoms with Crippen molar-refractivity contribution >= 4 is 0 Å². The zero-order valence-electron chi connectivity index (χ0n) is 9.84. The third kappa shape index (κ3) is 3.02. The molecule has 0 aromatic heterocycles. The second kappa shape index (κ2) is 5.96. The van der Waals surface area contributed by atoms with Gasteiger partial charge in [0.25, 0.3) is 5.97 Å². The Morgan fingerprint density at radius 2 is 1.56 bits per heavy atom. The van der Waals surface area contributed by atoms with Gasteiger partial charge in [0.2, 0.25) is 0 Å². The first-order valence-electron chi connectivity index (χ1n) is 5.06. The van der Waals surface area contributed by atoms with Crippen molar-refractivity contribution in [2.45, 2.75) is 18.5 Å². The SMILES string of the molecule is COC(CC(O)c1ccccc1)(OC)OC. The quantitative estimate of drug-likeness (QED) is 0.750. The van der Waals surface area contributed by atoms with Gasteiger partial charge in [0.1, 0.15) is 0 Å². The normalized spacial score (nSPS) is 13.8. The molecule has 0 fully saturated rings. The van der Waals surface area contributed by atoms with E-state index in [1.54, 1.807) is 0 Å². The third-order valence-corrected chi connectivity index (χ3v) is 2.56. The minimum Gasteiger partial charge on any atom is -0.388 e. The van der Waals surface area contributed by atoms with Gasteiger partial charge in [-0.2, -0.15) is 0 Å². The molecule has 0 amide bonds. The standard InChI is InChI=1S/C12H18O4/c1-14-12(15-2,16-3)9-11(13)10-7-5-4-6-8-10/h4-8,11,13H,9H2,1-3H3. The van der Waals surface area contributed by atoms with Crippen LogP contribution in [0.1, 0.15) is 18.1 Å². The van der Waals surface area contributed by atoms with E-state index in [1.807, 2.05) is 30.3 Å². The van der Waals surface area contributed by atoms with Crippen molar-refractivity contribution < 1.29 is 19.3 Å². The summed E-state index contributed by atoms with van der Waals surface area (Å²) in [4.78, 5) is 0. The number of ether oxygens (including phenoxy) is 3. The maximum absolute atomic E-state index is 10.0. The molecule has 0 aliphatic carbocycles. The number of aliphatic hydroxyl groups excluding tert-OH is 1. The van der Waals surface area contributed by atoms with E-state index in [2.05, 4.69) is 0 Å². The van der Waals surface area contributed by atoms with Gasteiger partial charge in [0.15, 0.2) is 0 Å². The van der Waals surface area contributed by atoms with Gasteiger partial charge in [0.05, 0.1) is 12.5 Å². The fraction of sp³-hybridized carbons (Fsp3) is 0.500. The van der Waals surface area contributed by atoms with Crippen molar-refractivity contribution in [1.29, 1.82) is 0 Å². The predicted octanol–water partition coefficient (Wildman–Crippen LogP) is 1.70. The molecule has 90 valence electrons. The lowest BCUT2D eigenvalue weighted by atomic mass is 10.1. The summed E-state index contributed by atoms with van der Waals surface area (Å²) in [6.07, 6.45) is -0.485. The van der Waals surface area contributed by atoms with Crippen molar-refractivity contribution in [3.63, 3.8) is 0 Å². The molecule has 1 rings (SSSR count). The first kappa shape index (κ1) is 13.1. The number of hydrogen-bond acceptors (Lipinski definition) is 4. The summed E-state index contributed by atoms with van der Waals surface area (Å²) in [6, 6.07) is 9.32. The van der Waals surface area contributed by atoms with Crippen LogP contribution in [0.15, 0.2) is 30.3 Å². The number of benzene rings is 1. The molecule has 4 heteroatoms. The Morgan fingerprint density at radius 1 is 1.06 bits per heavy atom. The van der Waals surface area contributed by atoms with Gasteiger partial charge in [-0.1, -0.05) is 30.3 Å². The number of aliphatic hydroxyl groups is 1. The second-order valence-electron chi connectivity index (χ2n) is 3.43. The molecule has 0 saturated carbocycles. The molecule has 4 nitrogen and oxygen atoms in total. The van der Waals surface area contributed by atoms with Crippen molar-refractivity contribution in [2.24, 2.45) is 0 Å². The van der Waals surface area contributed by atoms with Crippen LogP contribution >= 0.6 is 0 Å². The Kier molecular flexibility index (Phi) is 4.89. The maximum Gasteiger partial charge on any atom is 0.285 e. The summed E-state index contributed by atoms with van der Waals surface area (Å²) >= 11 is 0. The molecule has 1 aromatic rings. The van der Waals surface area contributed by atoms with Crippen LogP contribution in [-0.2, 0) is 14.2 Å². The predicted molar refractivity (Wildman–Crippen MR) is 59.8 cm³/mol. The van der Waals surface area contributed by atoms with Gasteiger partial charge in [0, 0.05) is 21.3 Å². The monoisotopic (exact) mass is 226 g/mol. The van der Waals surface area contributed by atoms with Crippen molar-refractivity contribution in [3.05, 3.63) is 35.9 Å². The van der Waals surface area contributed by atoms with Crippen LogP contribution in [0.5, 0.6) is 0 Å². The summed E-state index contributed by atoms with van der Waals surface area (Å²) in [7, 11) is 4.43. The summed E-state index contributed by atoms with van der Waals surface area (Å²) in [5, 5.41) is 10.0. The Balaban J connectivity index is 2.73. The Morgan fingerprint density at radius 3 is 2.00 bits per heavy atom. The highest BCUT2D eigenvalue weighted by molar-refractivity contribution is 5.17. The number of methoxy groups -OCH3 is 3. The van der Waals surface area contributed by atoms with E-state index in [0.29, 0.717) is 0 Å². The lowest BCUT2D eigenvalue weighted by Gasteiger charge is -2.30.